The fraction of sp³-hybridized carbons (Fsp3) is 0.0625. The molecule has 3 rings (SSSR count). The van der Waals surface area contributed by atoms with Crippen molar-refractivity contribution in [3.05, 3.63) is 61.1 Å². The molecule has 0 bridgehead atoms. The summed E-state index contributed by atoms with van der Waals surface area (Å²) in [5.74, 6) is 0.870. The van der Waals surface area contributed by atoms with E-state index in [0.717, 1.165) is 28.1 Å². The first kappa shape index (κ1) is 11.5. The maximum absolute atomic E-state index is 5.45. The van der Waals surface area contributed by atoms with Gasteiger partial charge in [0.2, 0.25) is 0 Å². The van der Waals surface area contributed by atoms with E-state index in [1.807, 2.05) is 36.5 Å². The van der Waals surface area contributed by atoms with Crippen LogP contribution >= 0.6 is 0 Å². The van der Waals surface area contributed by atoms with E-state index in [1.165, 1.54) is 0 Å². The number of H-pyrrole nitrogens is 1. The number of aromatic nitrogens is 2. The molecule has 0 radical (unpaired) electrons. The minimum absolute atomic E-state index is 0.870. The summed E-state index contributed by atoms with van der Waals surface area (Å²) in [5.41, 5.74) is 4.32. The van der Waals surface area contributed by atoms with Crippen molar-refractivity contribution >= 4 is 0 Å². The topological polar surface area (TPSA) is 37.9 Å². The van der Waals surface area contributed by atoms with Crippen molar-refractivity contribution in [2.45, 2.75) is 0 Å². The van der Waals surface area contributed by atoms with E-state index < -0.39 is 0 Å². The second-order valence-corrected chi connectivity index (χ2v) is 4.21. The molecule has 0 saturated carbocycles. The SMILES string of the molecule is COc1ccccc1-c1ccccc1-c1cnc[nH]1. The molecule has 0 aliphatic heterocycles. The van der Waals surface area contributed by atoms with Crippen LogP contribution in [0.15, 0.2) is 61.1 Å². The standard InChI is InChI=1S/C16H14N2O/c1-19-16-9-5-4-8-14(16)12-6-2-3-7-13(12)15-10-17-11-18-15/h2-11H,1H3,(H,17,18). The van der Waals surface area contributed by atoms with Gasteiger partial charge in [-0.05, 0) is 11.6 Å². The first-order valence-electron chi connectivity index (χ1n) is 6.11. The van der Waals surface area contributed by atoms with Gasteiger partial charge in [-0.1, -0.05) is 42.5 Å². The smallest absolute Gasteiger partial charge is 0.126 e. The lowest BCUT2D eigenvalue weighted by atomic mass is 9.97. The van der Waals surface area contributed by atoms with Crippen molar-refractivity contribution in [1.82, 2.24) is 9.97 Å². The van der Waals surface area contributed by atoms with Gasteiger partial charge in [-0.25, -0.2) is 4.98 Å². The Morgan fingerprint density at radius 2 is 1.58 bits per heavy atom. The maximum Gasteiger partial charge on any atom is 0.126 e. The fourth-order valence-electron chi connectivity index (χ4n) is 2.22. The van der Waals surface area contributed by atoms with Crippen LogP contribution in [0.2, 0.25) is 0 Å². The minimum Gasteiger partial charge on any atom is -0.496 e. The molecule has 0 aliphatic carbocycles. The summed E-state index contributed by atoms with van der Waals surface area (Å²) in [4.78, 5) is 7.24. The number of ether oxygens (including phenoxy) is 1. The average Bonchev–Trinajstić information content (AvgIpc) is 3.01. The van der Waals surface area contributed by atoms with Gasteiger partial charge in [0.25, 0.3) is 0 Å². The highest BCUT2D eigenvalue weighted by atomic mass is 16.5. The van der Waals surface area contributed by atoms with Crippen molar-refractivity contribution in [3.8, 4) is 28.1 Å². The van der Waals surface area contributed by atoms with Gasteiger partial charge in [-0.2, -0.15) is 0 Å². The number of imidazole rings is 1. The summed E-state index contributed by atoms with van der Waals surface area (Å²) in [7, 11) is 1.69. The van der Waals surface area contributed by atoms with E-state index in [4.69, 9.17) is 4.74 Å². The lowest BCUT2D eigenvalue weighted by molar-refractivity contribution is 0.416. The third-order valence-corrected chi connectivity index (χ3v) is 3.11. The molecular formula is C16H14N2O. The van der Waals surface area contributed by atoms with Crippen molar-refractivity contribution < 1.29 is 4.74 Å². The number of hydrogen-bond acceptors (Lipinski definition) is 2. The number of methoxy groups -OCH3 is 1. The molecule has 0 amide bonds. The average molecular weight is 250 g/mol. The normalized spacial score (nSPS) is 10.4. The lowest BCUT2D eigenvalue weighted by Crippen LogP contribution is -1.90. The zero-order valence-electron chi connectivity index (χ0n) is 10.6. The highest BCUT2D eigenvalue weighted by Gasteiger charge is 2.11. The summed E-state index contributed by atoms with van der Waals surface area (Å²) >= 11 is 0. The van der Waals surface area contributed by atoms with Crippen molar-refractivity contribution in [1.29, 1.82) is 0 Å². The van der Waals surface area contributed by atoms with Gasteiger partial charge in [0.15, 0.2) is 0 Å². The Bertz CT molecular complexity index is 675. The number of para-hydroxylation sites is 1. The molecule has 1 aromatic heterocycles. The summed E-state index contributed by atoms with van der Waals surface area (Å²) in [6.07, 6.45) is 3.52. The first-order chi connectivity index (χ1) is 9.40. The summed E-state index contributed by atoms with van der Waals surface area (Å²) in [6.45, 7) is 0. The lowest BCUT2D eigenvalue weighted by Gasteiger charge is -2.12. The Hall–Kier alpha value is -2.55. The van der Waals surface area contributed by atoms with Gasteiger partial charge in [-0.15, -0.1) is 0 Å². The van der Waals surface area contributed by atoms with E-state index in [1.54, 1.807) is 13.4 Å². The first-order valence-corrected chi connectivity index (χ1v) is 6.11. The summed E-state index contributed by atoms with van der Waals surface area (Å²) < 4.78 is 5.45. The fourth-order valence-corrected chi connectivity index (χ4v) is 2.22. The highest BCUT2D eigenvalue weighted by Crippen LogP contribution is 2.35. The molecule has 1 heterocycles. The van der Waals surface area contributed by atoms with Crippen LogP contribution in [-0.4, -0.2) is 17.1 Å². The van der Waals surface area contributed by atoms with Crippen LogP contribution in [-0.2, 0) is 0 Å². The van der Waals surface area contributed by atoms with Crippen LogP contribution in [0, 0.1) is 0 Å². The maximum atomic E-state index is 5.45. The Balaban J connectivity index is 2.21. The third kappa shape index (κ3) is 2.10. The molecule has 3 heteroatoms. The Morgan fingerprint density at radius 1 is 0.895 bits per heavy atom. The van der Waals surface area contributed by atoms with Gasteiger partial charge in [0, 0.05) is 11.1 Å². The molecule has 19 heavy (non-hydrogen) atoms. The monoisotopic (exact) mass is 250 g/mol. The molecule has 2 aromatic carbocycles. The van der Waals surface area contributed by atoms with Crippen molar-refractivity contribution in [2.24, 2.45) is 0 Å². The Labute approximate surface area is 111 Å². The number of aromatic amines is 1. The van der Waals surface area contributed by atoms with Crippen LogP contribution in [0.3, 0.4) is 0 Å². The van der Waals surface area contributed by atoms with Crippen LogP contribution in [0.4, 0.5) is 0 Å². The number of nitrogens with one attached hydrogen (secondary N) is 1. The van der Waals surface area contributed by atoms with E-state index in [2.05, 4.69) is 28.2 Å². The highest BCUT2D eigenvalue weighted by molar-refractivity contribution is 5.84. The van der Waals surface area contributed by atoms with Crippen LogP contribution in [0.1, 0.15) is 0 Å². The van der Waals surface area contributed by atoms with Crippen LogP contribution < -0.4 is 4.74 Å². The molecule has 0 fully saturated rings. The zero-order chi connectivity index (χ0) is 13.1. The summed E-state index contributed by atoms with van der Waals surface area (Å²) in [5, 5.41) is 0. The number of rotatable bonds is 3. The van der Waals surface area contributed by atoms with Gasteiger partial charge in [-0.3, -0.25) is 0 Å². The molecule has 3 nitrogen and oxygen atoms in total. The van der Waals surface area contributed by atoms with Gasteiger partial charge >= 0.3 is 0 Å². The molecule has 1 N–H and O–H groups in total. The van der Waals surface area contributed by atoms with E-state index >= 15 is 0 Å². The molecule has 3 aromatic rings. The van der Waals surface area contributed by atoms with E-state index in [-0.39, 0.29) is 0 Å². The molecule has 0 unspecified atom stereocenters. The van der Waals surface area contributed by atoms with Gasteiger partial charge in [0.1, 0.15) is 5.75 Å². The largest absolute Gasteiger partial charge is 0.496 e. The van der Waals surface area contributed by atoms with Crippen molar-refractivity contribution in [2.75, 3.05) is 7.11 Å². The third-order valence-electron chi connectivity index (χ3n) is 3.11. The zero-order valence-corrected chi connectivity index (χ0v) is 10.6. The second-order valence-electron chi connectivity index (χ2n) is 4.21. The van der Waals surface area contributed by atoms with Crippen molar-refractivity contribution in [3.63, 3.8) is 0 Å². The van der Waals surface area contributed by atoms with Crippen LogP contribution in [0.25, 0.3) is 22.4 Å². The Kier molecular flexibility index (Phi) is 3.02. The molecular weight excluding hydrogens is 236 g/mol. The summed E-state index contributed by atoms with van der Waals surface area (Å²) in [6, 6.07) is 16.2. The number of nitrogens with zero attached hydrogens (tertiary/aromatic N) is 1. The minimum atomic E-state index is 0.870. The quantitative estimate of drug-likeness (QED) is 0.768. The predicted molar refractivity (Wildman–Crippen MR) is 76.0 cm³/mol. The number of hydrogen-bond donors (Lipinski definition) is 1. The second kappa shape index (κ2) is 4.98. The van der Waals surface area contributed by atoms with E-state index in [0.29, 0.717) is 0 Å². The van der Waals surface area contributed by atoms with Gasteiger partial charge < -0.3 is 9.72 Å². The Morgan fingerprint density at radius 3 is 2.26 bits per heavy atom. The number of benzene rings is 2. The van der Waals surface area contributed by atoms with Gasteiger partial charge in [0.05, 0.1) is 25.3 Å². The molecule has 0 aliphatic rings. The predicted octanol–water partition coefficient (Wildman–Crippen LogP) is 3.75. The molecule has 94 valence electrons. The molecule has 0 spiro atoms. The molecule has 0 atom stereocenters. The molecule has 0 saturated heterocycles. The van der Waals surface area contributed by atoms with E-state index in [9.17, 15) is 0 Å². The van der Waals surface area contributed by atoms with Crippen LogP contribution in [0.5, 0.6) is 5.75 Å².